The molecule has 1 unspecified atom stereocenters. The first-order valence-corrected chi connectivity index (χ1v) is 9.47. The van der Waals surface area contributed by atoms with Crippen molar-refractivity contribution < 1.29 is 23.1 Å². The van der Waals surface area contributed by atoms with Gasteiger partial charge < -0.3 is 20.7 Å². The first-order valence-electron chi connectivity index (χ1n) is 9.47. The highest BCUT2D eigenvalue weighted by molar-refractivity contribution is 5.96. The van der Waals surface area contributed by atoms with Gasteiger partial charge in [-0.25, -0.2) is 18.7 Å². The van der Waals surface area contributed by atoms with Gasteiger partial charge in [0, 0.05) is 33.3 Å². The van der Waals surface area contributed by atoms with Crippen LogP contribution < -0.4 is 11.1 Å². The number of hydrogen-bond acceptors (Lipinski definition) is 6. The van der Waals surface area contributed by atoms with Crippen LogP contribution in [0.25, 0.3) is 11.4 Å². The summed E-state index contributed by atoms with van der Waals surface area (Å²) in [7, 11) is 3.19. The lowest BCUT2D eigenvalue weighted by Gasteiger charge is -2.11. The van der Waals surface area contributed by atoms with Gasteiger partial charge in [0.25, 0.3) is 5.91 Å². The number of nitrogens with one attached hydrogen (secondary N) is 1. The first kappa shape index (κ1) is 22.1. The van der Waals surface area contributed by atoms with Gasteiger partial charge in [0.15, 0.2) is 11.5 Å². The molecule has 8 nitrogen and oxygen atoms in total. The van der Waals surface area contributed by atoms with E-state index >= 15 is 0 Å². The summed E-state index contributed by atoms with van der Waals surface area (Å²) >= 11 is 0. The molecule has 0 bridgehead atoms. The number of aromatic nitrogens is 2. The summed E-state index contributed by atoms with van der Waals surface area (Å²) in [5.74, 6) is 1.90. The third-order valence-corrected chi connectivity index (χ3v) is 4.75. The molecule has 1 saturated heterocycles. The van der Waals surface area contributed by atoms with Crippen LogP contribution in [0.5, 0.6) is 0 Å². The lowest BCUT2D eigenvalue weighted by atomic mass is 10.1. The zero-order valence-electron chi connectivity index (χ0n) is 17.0. The molecule has 1 aromatic heterocycles. The number of benzene rings is 1. The number of amides is 2. The van der Waals surface area contributed by atoms with E-state index in [-0.39, 0.29) is 34.2 Å². The highest BCUT2D eigenvalue weighted by Crippen LogP contribution is 2.25. The molecule has 1 aromatic carbocycles. The molecule has 0 aliphatic carbocycles. The van der Waals surface area contributed by atoms with Gasteiger partial charge in [-0.05, 0) is 12.5 Å². The van der Waals surface area contributed by atoms with Crippen LogP contribution in [0.1, 0.15) is 22.5 Å². The van der Waals surface area contributed by atoms with Crippen molar-refractivity contribution in [2.24, 2.45) is 11.7 Å². The fraction of sp³-hybridized carbons (Fsp3) is 0.333. The van der Waals surface area contributed by atoms with Gasteiger partial charge in [-0.1, -0.05) is 11.8 Å². The van der Waals surface area contributed by atoms with Gasteiger partial charge in [-0.2, -0.15) is 0 Å². The topological polar surface area (TPSA) is 110 Å². The number of ether oxygens (including phenoxy) is 1. The summed E-state index contributed by atoms with van der Waals surface area (Å²) in [4.78, 5) is 33.4. The molecular formula is C21H21F2N5O3. The van der Waals surface area contributed by atoms with Crippen molar-refractivity contribution in [2.45, 2.75) is 6.42 Å². The molecule has 1 aliphatic rings. The van der Waals surface area contributed by atoms with Gasteiger partial charge in [0.1, 0.15) is 17.6 Å². The molecule has 1 atom stereocenters. The molecule has 2 aromatic rings. The molecule has 0 spiro atoms. The summed E-state index contributed by atoms with van der Waals surface area (Å²) in [5.41, 5.74) is 5.26. The maximum atomic E-state index is 14.5. The molecule has 1 aliphatic heterocycles. The molecule has 10 heteroatoms. The molecule has 2 amide bonds. The Labute approximate surface area is 177 Å². The molecule has 31 heavy (non-hydrogen) atoms. The fourth-order valence-corrected chi connectivity index (χ4v) is 3.05. The quantitative estimate of drug-likeness (QED) is 0.531. The Hall–Kier alpha value is -3.58. The molecule has 0 saturated carbocycles. The van der Waals surface area contributed by atoms with E-state index in [1.54, 1.807) is 11.9 Å². The van der Waals surface area contributed by atoms with E-state index in [4.69, 9.17) is 10.5 Å². The number of carbonyl (C=O) groups excluding carboxylic acids is 2. The van der Waals surface area contributed by atoms with Crippen molar-refractivity contribution in [3.8, 4) is 23.2 Å². The lowest BCUT2D eigenvalue weighted by Crippen LogP contribution is -2.21. The van der Waals surface area contributed by atoms with E-state index in [0.717, 1.165) is 6.07 Å². The Morgan fingerprint density at radius 3 is 2.81 bits per heavy atom. The highest BCUT2D eigenvalue weighted by atomic mass is 19.1. The average molecular weight is 429 g/mol. The third kappa shape index (κ3) is 4.95. The minimum Gasteiger partial charge on any atom is -0.383 e. The van der Waals surface area contributed by atoms with Crippen molar-refractivity contribution in [3.63, 3.8) is 0 Å². The molecule has 0 radical (unpaired) electrons. The Kier molecular flexibility index (Phi) is 6.77. The number of likely N-dealkylation sites (tertiary alicyclic amines) is 1. The zero-order valence-corrected chi connectivity index (χ0v) is 17.0. The minimum absolute atomic E-state index is 0.106. The van der Waals surface area contributed by atoms with E-state index in [2.05, 4.69) is 27.1 Å². The van der Waals surface area contributed by atoms with Crippen LogP contribution in [-0.2, 0) is 9.53 Å². The largest absolute Gasteiger partial charge is 0.383 e. The van der Waals surface area contributed by atoms with E-state index in [1.165, 1.54) is 13.3 Å². The van der Waals surface area contributed by atoms with Crippen LogP contribution in [0.4, 0.5) is 14.5 Å². The summed E-state index contributed by atoms with van der Waals surface area (Å²) in [6.07, 6.45) is 1.83. The van der Waals surface area contributed by atoms with Crippen molar-refractivity contribution in [2.75, 3.05) is 39.2 Å². The predicted molar refractivity (Wildman–Crippen MR) is 109 cm³/mol. The number of nitrogens with zero attached hydrogens (tertiary/aromatic N) is 3. The van der Waals surface area contributed by atoms with E-state index in [0.29, 0.717) is 32.2 Å². The second kappa shape index (κ2) is 9.49. The van der Waals surface area contributed by atoms with E-state index in [1.807, 2.05) is 0 Å². The van der Waals surface area contributed by atoms with Gasteiger partial charge in [-0.3, -0.25) is 9.59 Å². The SMILES string of the molecule is COCCNc1cnc(-c2cc(C#CC3CCN(C)C3=O)c(F)cc2F)nc1C(N)=O. The third-order valence-electron chi connectivity index (χ3n) is 4.75. The smallest absolute Gasteiger partial charge is 0.269 e. The van der Waals surface area contributed by atoms with Crippen molar-refractivity contribution >= 4 is 17.5 Å². The van der Waals surface area contributed by atoms with Crippen molar-refractivity contribution in [3.05, 3.63) is 41.2 Å². The normalized spacial score (nSPS) is 15.5. The van der Waals surface area contributed by atoms with Gasteiger partial charge in [0.2, 0.25) is 5.91 Å². The Morgan fingerprint density at radius 2 is 2.16 bits per heavy atom. The maximum absolute atomic E-state index is 14.5. The number of nitrogens with two attached hydrogens (primary N) is 1. The maximum Gasteiger partial charge on any atom is 0.269 e. The lowest BCUT2D eigenvalue weighted by molar-refractivity contribution is -0.128. The molecule has 3 N–H and O–H groups in total. The van der Waals surface area contributed by atoms with Crippen LogP contribution in [0, 0.1) is 29.4 Å². The molecule has 2 heterocycles. The van der Waals surface area contributed by atoms with Crippen LogP contribution in [0.3, 0.4) is 0 Å². The number of halogens is 2. The second-order valence-corrected chi connectivity index (χ2v) is 6.92. The van der Waals surface area contributed by atoms with Gasteiger partial charge in [0.05, 0.1) is 29.6 Å². The van der Waals surface area contributed by atoms with Crippen LogP contribution >= 0.6 is 0 Å². The molecular weight excluding hydrogens is 408 g/mol. The number of primary amides is 1. The minimum atomic E-state index is -0.921. The van der Waals surface area contributed by atoms with Gasteiger partial charge in [-0.15, -0.1) is 0 Å². The Balaban J connectivity index is 1.96. The molecule has 1 fully saturated rings. The summed E-state index contributed by atoms with van der Waals surface area (Å²) < 4.78 is 33.7. The van der Waals surface area contributed by atoms with Crippen LogP contribution in [0.15, 0.2) is 18.3 Å². The van der Waals surface area contributed by atoms with Gasteiger partial charge >= 0.3 is 0 Å². The van der Waals surface area contributed by atoms with Crippen LogP contribution in [0.2, 0.25) is 0 Å². The predicted octanol–water partition coefficient (Wildman–Crippen LogP) is 1.41. The molecule has 3 rings (SSSR count). The average Bonchev–Trinajstić information content (AvgIpc) is 3.05. The van der Waals surface area contributed by atoms with Crippen LogP contribution in [-0.4, -0.2) is 60.5 Å². The summed E-state index contributed by atoms with van der Waals surface area (Å²) in [6, 6.07) is 1.82. The Morgan fingerprint density at radius 1 is 1.39 bits per heavy atom. The number of rotatable bonds is 6. The zero-order chi connectivity index (χ0) is 22.5. The summed E-state index contributed by atoms with van der Waals surface area (Å²) in [6.45, 7) is 1.32. The second-order valence-electron chi connectivity index (χ2n) is 6.92. The highest BCUT2D eigenvalue weighted by Gasteiger charge is 2.27. The number of anilines is 1. The number of methoxy groups -OCH3 is 1. The van der Waals surface area contributed by atoms with E-state index in [9.17, 15) is 18.4 Å². The van der Waals surface area contributed by atoms with Crippen molar-refractivity contribution in [1.82, 2.24) is 14.9 Å². The number of hydrogen-bond donors (Lipinski definition) is 2. The first-order chi connectivity index (χ1) is 14.8. The van der Waals surface area contributed by atoms with Crippen molar-refractivity contribution in [1.29, 1.82) is 0 Å². The Bertz CT molecular complexity index is 1080. The number of carbonyl (C=O) groups is 2. The van der Waals surface area contributed by atoms with E-state index < -0.39 is 23.5 Å². The monoisotopic (exact) mass is 429 g/mol. The fourth-order valence-electron chi connectivity index (χ4n) is 3.05. The molecule has 162 valence electrons. The standard InChI is InChI=1S/C21H21F2N5O3/c1-28-7-5-12(21(28)30)3-4-13-9-14(16(23)10-15(13)22)20-26-11-17(25-6-8-31-2)18(27-20)19(24)29/h9-12,25H,5-8H2,1-2H3,(H2,24,29). The summed E-state index contributed by atoms with van der Waals surface area (Å²) in [5, 5.41) is 2.91.